The van der Waals surface area contributed by atoms with Gasteiger partial charge in [-0.05, 0) is 7.05 Å². The van der Waals surface area contributed by atoms with Crippen LogP contribution in [0.5, 0.6) is 0 Å². The highest BCUT2D eigenvalue weighted by atomic mass is 15.3. The lowest BCUT2D eigenvalue weighted by Gasteiger charge is -2.32. The number of anilines is 2. The predicted octanol–water partition coefficient (Wildman–Crippen LogP) is -0.246. The molecule has 0 saturated carbocycles. The van der Waals surface area contributed by atoms with Crippen LogP contribution in [-0.2, 0) is 0 Å². The molecule has 1 saturated heterocycles. The molecular formula is C11H15N7. The lowest BCUT2D eigenvalue weighted by molar-refractivity contribution is 0.311. The average Bonchev–Trinajstić information content (AvgIpc) is 2.39. The van der Waals surface area contributed by atoms with E-state index in [-0.39, 0.29) is 0 Å². The van der Waals surface area contributed by atoms with Gasteiger partial charge in [0.25, 0.3) is 0 Å². The fourth-order valence-corrected chi connectivity index (χ4v) is 2.02. The van der Waals surface area contributed by atoms with Gasteiger partial charge in [-0.3, -0.25) is 0 Å². The van der Waals surface area contributed by atoms with E-state index in [2.05, 4.69) is 36.8 Å². The summed E-state index contributed by atoms with van der Waals surface area (Å²) in [5, 5.41) is 0.704. The number of hydrogen-bond donors (Lipinski definition) is 1. The molecule has 3 rings (SSSR count). The quantitative estimate of drug-likeness (QED) is 0.741. The number of aromatic nitrogens is 4. The van der Waals surface area contributed by atoms with Gasteiger partial charge in [-0.2, -0.15) is 4.98 Å². The molecule has 1 fully saturated rings. The van der Waals surface area contributed by atoms with E-state index >= 15 is 0 Å². The van der Waals surface area contributed by atoms with Crippen LogP contribution in [-0.4, -0.2) is 58.1 Å². The van der Waals surface area contributed by atoms with Crippen molar-refractivity contribution in [1.29, 1.82) is 0 Å². The van der Waals surface area contributed by atoms with Crippen molar-refractivity contribution < 1.29 is 0 Å². The van der Waals surface area contributed by atoms with Crippen LogP contribution in [0.25, 0.3) is 11.0 Å². The van der Waals surface area contributed by atoms with Crippen molar-refractivity contribution in [3.8, 4) is 0 Å². The lowest BCUT2D eigenvalue weighted by atomic mass is 10.3. The number of fused-ring (bicyclic) bond motifs is 1. The summed E-state index contributed by atoms with van der Waals surface area (Å²) in [5.41, 5.74) is 6.35. The van der Waals surface area contributed by atoms with E-state index in [1.54, 1.807) is 6.20 Å². The molecule has 0 radical (unpaired) electrons. The number of nitrogens with zero attached hydrogens (tertiary/aromatic N) is 6. The highest BCUT2D eigenvalue weighted by Gasteiger charge is 2.17. The minimum absolute atomic E-state index is 0.421. The summed E-state index contributed by atoms with van der Waals surface area (Å²) >= 11 is 0. The molecule has 0 unspecified atom stereocenters. The number of rotatable bonds is 1. The molecular weight excluding hydrogens is 230 g/mol. The Morgan fingerprint density at radius 3 is 2.67 bits per heavy atom. The second-order valence-corrected chi connectivity index (χ2v) is 4.46. The normalized spacial score (nSPS) is 17.3. The van der Waals surface area contributed by atoms with Gasteiger partial charge in [0.05, 0.1) is 5.39 Å². The molecule has 94 valence electrons. The van der Waals surface area contributed by atoms with E-state index in [0.717, 1.165) is 26.2 Å². The maximum absolute atomic E-state index is 5.75. The standard InChI is InChI=1S/C11H15N7/c1-17-2-4-18(5-3-17)11-13-6-8-9(12)14-7-15-10(8)16-11/h6-7H,2-5H2,1H3,(H2,12,13,14,15,16). The fraction of sp³-hybridized carbons (Fsp3) is 0.455. The number of hydrogen-bond acceptors (Lipinski definition) is 7. The zero-order valence-corrected chi connectivity index (χ0v) is 10.2. The maximum atomic E-state index is 5.75. The maximum Gasteiger partial charge on any atom is 0.227 e. The van der Waals surface area contributed by atoms with Crippen molar-refractivity contribution in [3.63, 3.8) is 0 Å². The molecule has 7 nitrogen and oxygen atoms in total. The van der Waals surface area contributed by atoms with Gasteiger partial charge in [0, 0.05) is 32.4 Å². The number of nitrogens with two attached hydrogens (primary N) is 1. The summed E-state index contributed by atoms with van der Waals surface area (Å²) in [5.74, 6) is 1.14. The zero-order valence-electron chi connectivity index (χ0n) is 10.2. The molecule has 0 bridgehead atoms. The van der Waals surface area contributed by atoms with Gasteiger partial charge in [-0.1, -0.05) is 0 Å². The molecule has 2 aromatic rings. The SMILES string of the molecule is CN1CCN(c2ncc3c(N)ncnc3n2)CC1. The molecule has 7 heteroatoms. The highest BCUT2D eigenvalue weighted by molar-refractivity contribution is 5.84. The first-order valence-electron chi connectivity index (χ1n) is 5.91. The predicted molar refractivity (Wildman–Crippen MR) is 69.3 cm³/mol. The van der Waals surface area contributed by atoms with Crippen LogP contribution in [0.4, 0.5) is 11.8 Å². The van der Waals surface area contributed by atoms with Crippen molar-refractivity contribution in [2.24, 2.45) is 0 Å². The van der Waals surface area contributed by atoms with E-state index in [0.29, 0.717) is 22.8 Å². The van der Waals surface area contributed by atoms with Gasteiger partial charge < -0.3 is 15.5 Å². The van der Waals surface area contributed by atoms with Crippen molar-refractivity contribution in [1.82, 2.24) is 24.8 Å². The van der Waals surface area contributed by atoms with Gasteiger partial charge in [0.15, 0.2) is 5.65 Å². The summed E-state index contributed by atoms with van der Waals surface area (Å²) in [7, 11) is 2.12. The van der Waals surface area contributed by atoms with Crippen LogP contribution < -0.4 is 10.6 Å². The van der Waals surface area contributed by atoms with E-state index < -0.39 is 0 Å². The van der Waals surface area contributed by atoms with E-state index in [1.165, 1.54) is 6.33 Å². The van der Waals surface area contributed by atoms with Gasteiger partial charge >= 0.3 is 0 Å². The van der Waals surface area contributed by atoms with Crippen molar-refractivity contribution >= 4 is 22.8 Å². The Bertz CT molecular complexity index is 562. The topological polar surface area (TPSA) is 84.1 Å². The molecule has 2 aromatic heterocycles. The van der Waals surface area contributed by atoms with Crippen molar-refractivity contribution in [2.75, 3.05) is 43.9 Å². The third-order valence-corrected chi connectivity index (χ3v) is 3.19. The van der Waals surface area contributed by atoms with Gasteiger partial charge in [0.2, 0.25) is 5.95 Å². The molecule has 0 atom stereocenters. The summed E-state index contributed by atoms with van der Waals surface area (Å²) in [6, 6.07) is 0. The molecule has 3 heterocycles. The third kappa shape index (κ3) is 1.92. The molecule has 0 spiro atoms. The Kier molecular flexibility index (Phi) is 2.67. The van der Waals surface area contributed by atoms with Crippen LogP contribution >= 0.6 is 0 Å². The number of nitrogen functional groups attached to an aromatic ring is 1. The Balaban J connectivity index is 1.94. The largest absolute Gasteiger partial charge is 0.383 e. The third-order valence-electron chi connectivity index (χ3n) is 3.19. The van der Waals surface area contributed by atoms with E-state index in [1.807, 2.05) is 0 Å². The second-order valence-electron chi connectivity index (χ2n) is 4.46. The molecule has 18 heavy (non-hydrogen) atoms. The van der Waals surface area contributed by atoms with Gasteiger partial charge in [-0.15, -0.1) is 0 Å². The minimum Gasteiger partial charge on any atom is -0.383 e. The van der Waals surface area contributed by atoms with Crippen LogP contribution in [0.3, 0.4) is 0 Å². The van der Waals surface area contributed by atoms with E-state index in [4.69, 9.17) is 5.73 Å². The summed E-state index contributed by atoms with van der Waals surface area (Å²) in [6.45, 7) is 3.91. The highest BCUT2D eigenvalue weighted by Crippen LogP contribution is 2.17. The molecule has 0 aromatic carbocycles. The molecule has 0 aliphatic carbocycles. The van der Waals surface area contributed by atoms with Gasteiger partial charge in [-0.25, -0.2) is 15.0 Å². The van der Waals surface area contributed by atoms with E-state index in [9.17, 15) is 0 Å². The number of piperazine rings is 1. The smallest absolute Gasteiger partial charge is 0.227 e. The Morgan fingerprint density at radius 1 is 1.11 bits per heavy atom. The first-order valence-corrected chi connectivity index (χ1v) is 5.91. The minimum atomic E-state index is 0.421. The van der Waals surface area contributed by atoms with Crippen molar-refractivity contribution in [2.45, 2.75) is 0 Å². The monoisotopic (exact) mass is 245 g/mol. The average molecular weight is 245 g/mol. The van der Waals surface area contributed by atoms with Crippen LogP contribution in [0.15, 0.2) is 12.5 Å². The Hall–Kier alpha value is -2.02. The molecule has 1 aliphatic rings. The zero-order chi connectivity index (χ0) is 12.5. The lowest BCUT2D eigenvalue weighted by Crippen LogP contribution is -2.45. The number of likely N-dealkylation sites (N-methyl/N-ethyl adjacent to an activating group) is 1. The molecule has 2 N–H and O–H groups in total. The molecule has 1 aliphatic heterocycles. The summed E-state index contributed by atoms with van der Waals surface area (Å²) in [6.07, 6.45) is 3.13. The second kappa shape index (κ2) is 4.34. The first-order chi connectivity index (χ1) is 8.74. The van der Waals surface area contributed by atoms with Gasteiger partial charge in [0.1, 0.15) is 12.1 Å². The Morgan fingerprint density at radius 2 is 1.89 bits per heavy atom. The van der Waals surface area contributed by atoms with Crippen LogP contribution in [0, 0.1) is 0 Å². The van der Waals surface area contributed by atoms with Crippen LogP contribution in [0.1, 0.15) is 0 Å². The molecule has 0 amide bonds. The summed E-state index contributed by atoms with van der Waals surface area (Å²) < 4.78 is 0. The van der Waals surface area contributed by atoms with Crippen molar-refractivity contribution in [3.05, 3.63) is 12.5 Å². The fourth-order valence-electron chi connectivity index (χ4n) is 2.02. The van der Waals surface area contributed by atoms with Crippen LogP contribution in [0.2, 0.25) is 0 Å². The first kappa shape index (κ1) is 11.1. The summed E-state index contributed by atoms with van der Waals surface area (Å²) in [4.78, 5) is 21.3. The Labute approximate surface area is 105 Å².